The van der Waals surface area contributed by atoms with Crippen molar-refractivity contribution in [3.8, 4) is 5.75 Å². The Bertz CT molecular complexity index is 582. The van der Waals surface area contributed by atoms with Gasteiger partial charge in [0.25, 0.3) is 5.91 Å². The number of carbonyl (C=O) groups is 2. The van der Waals surface area contributed by atoms with Crippen LogP contribution in [0.15, 0.2) is 18.2 Å². The van der Waals surface area contributed by atoms with Crippen molar-refractivity contribution in [1.82, 2.24) is 10.6 Å². The van der Waals surface area contributed by atoms with Crippen molar-refractivity contribution in [3.05, 3.63) is 29.0 Å². The summed E-state index contributed by atoms with van der Waals surface area (Å²) in [6, 6.07) is 3.35. The Morgan fingerprint density at radius 1 is 1.35 bits per heavy atom. The van der Waals surface area contributed by atoms with Crippen molar-refractivity contribution >= 4 is 23.5 Å². The largest absolute Gasteiger partial charge is 0.484 e. The fraction of sp³-hybridized carbons (Fsp3) is 0.500. The van der Waals surface area contributed by atoms with Crippen LogP contribution >= 0.6 is 11.6 Å². The summed E-state index contributed by atoms with van der Waals surface area (Å²) in [5, 5.41) is 4.95. The molecule has 0 aliphatic heterocycles. The van der Waals surface area contributed by atoms with Crippen molar-refractivity contribution < 1.29 is 18.7 Å². The van der Waals surface area contributed by atoms with E-state index in [0.717, 1.165) is 25.3 Å². The molecule has 3 amide bonds. The molecule has 0 spiro atoms. The maximum atomic E-state index is 13.0. The van der Waals surface area contributed by atoms with Crippen LogP contribution in [0.1, 0.15) is 32.6 Å². The highest BCUT2D eigenvalue weighted by atomic mass is 35.5. The molecule has 5 nitrogen and oxygen atoms in total. The summed E-state index contributed by atoms with van der Waals surface area (Å²) in [5.41, 5.74) is 0. The molecule has 0 radical (unpaired) electrons. The van der Waals surface area contributed by atoms with Gasteiger partial charge in [0.2, 0.25) is 0 Å². The lowest BCUT2D eigenvalue weighted by atomic mass is 9.86. The molecule has 2 atom stereocenters. The van der Waals surface area contributed by atoms with Gasteiger partial charge in [-0.1, -0.05) is 31.4 Å². The summed E-state index contributed by atoms with van der Waals surface area (Å²) in [6.07, 6.45) is 4.26. The lowest BCUT2D eigenvalue weighted by Gasteiger charge is -2.29. The van der Waals surface area contributed by atoms with Crippen LogP contribution < -0.4 is 15.4 Å². The number of urea groups is 1. The van der Waals surface area contributed by atoms with E-state index in [4.69, 9.17) is 16.3 Å². The number of amides is 3. The van der Waals surface area contributed by atoms with Crippen LogP contribution in [0.2, 0.25) is 5.02 Å². The third-order valence-corrected chi connectivity index (χ3v) is 4.23. The van der Waals surface area contributed by atoms with Crippen LogP contribution in [-0.2, 0) is 4.79 Å². The van der Waals surface area contributed by atoms with Crippen LogP contribution in [0.25, 0.3) is 0 Å². The van der Waals surface area contributed by atoms with E-state index >= 15 is 0 Å². The first-order valence-electron chi connectivity index (χ1n) is 7.64. The molecule has 0 aromatic heterocycles. The number of carbonyl (C=O) groups excluding carboxylic acids is 2. The zero-order valence-corrected chi connectivity index (χ0v) is 13.7. The van der Waals surface area contributed by atoms with Crippen molar-refractivity contribution in [1.29, 1.82) is 0 Å². The molecule has 23 heavy (non-hydrogen) atoms. The van der Waals surface area contributed by atoms with Crippen molar-refractivity contribution in [2.75, 3.05) is 6.61 Å². The summed E-state index contributed by atoms with van der Waals surface area (Å²) in [5.74, 6) is -0.481. The normalized spacial score (nSPS) is 20.7. The van der Waals surface area contributed by atoms with Crippen molar-refractivity contribution in [2.45, 2.75) is 38.6 Å². The van der Waals surface area contributed by atoms with Gasteiger partial charge in [-0.15, -0.1) is 0 Å². The number of hydrogen-bond donors (Lipinski definition) is 2. The summed E-state index contributed by atoms with van der Waals surface area (Å²) >= 11 is 5.62. The molecule has 126 valence electrons. The maximum absolute atomic E-state index is 13.0. The van der Waals surface area contributed by atoms with Crippen molar-refractivity contribution in [3.63, 3.8) is 0 Å². The lowest BCUT2D eigenvalue weighted by molar-refractivity contribution is -0.122. The molecule has 0 unspecified atom stereocenters. The van der Waals surface area contributed by atoms with Gasteiger partial charge in [-0.3, -0.25) is 10.1 Å². The Morgan fingerprint density at radius 3 is 2.78 bits per heavy atom. The molecular formula is C16H20ClFN2O3. The molecule has 1 aromatic carbocycles. The molecule has 1 aliphatic carbocycles. The lowest BCUT2D eigenvalue weighted by Crippen LogP contribution is -2.48. The van der Waals surface area contributed by atoms with E-state index in [1.165, 1.54) is 18.6 Å². The topological polar surface area (TPSA) is 67.4 Å². The number of ether oxygens (including phenoxy) is 1. The van der Waals surface area contributed by atoms with Crippen LogP contribution in [0.3, 0.4) is 0 Å². The van der Waals surface area contributed by atoms with Gasteiger partial charge in [0.15, 0.2) is 6.61 Å². The zero-order chi connectivity index (χ0) is 16.8. The fourth-order valence-corrected chi connectivity index (χ4v) is 2.78. The Kier molecular flexibility index (Phi) is 6.21. The molecule has 2 rings (SSSR count). The minimum Gasteiger partial charge on any atom is -0.484 e. The minimum absolute atomic E-state index is 0.0908. The highest BCUT2D eigenvalue weighted by Crippen LogP contribution is 2.23. The van der Waals surface area contributed by atoms with E-state index in [1.54, 1.807) is 0 Å². The van der Waals surface area contributed by atoms with Gasteiger partial charge in [0.05, 0.1) is 5.02 Å². The number of halogens is 2. The van der Waals surface area contributed by atoms with E-state index < -0.39 is 17.8 Å². The SMILES string of the molecule is C[C@@H]1CCCC[C@H]1NC(=O)NC(=O)COc1ccc(F)c(Cl)c1. The second kappa shape index (κ2) is 8.15. The molecule has 0 heterocycles. The molecule has 0 bridgehead atoms. The average molecular weight is 343 g/mol. The predicted molar refractivity (Wildman–Crippen MR) is 85.0 cm³/mol. The number of nitrogens with one attached hydrogen (secondary N) is 2. The first-order chi connectivity index (χ1) is 11.0. The average Bonchev–Trinajstić information content (AvgIpc) is 2.51. The van der Waals surface area contributed by atoms with Gasteiger partial charge in [-0.25, -0.2) is 9.18 Å². The first kappa shape index (κ1) is 17.5. The van der Waals surface area contributed by atoms with E-state index in [2.05, 4.69) is 17.6 Å². The van der Waals surface area contributed by atoms with Crippen LogP contribution in [0.4, 0.5) is 9.18 Å². The molecule has 1 aliphatic rings. The summed E-state index contributed by atoms with van der Waals surface area (Å²) < 4.78 is 18.2. The van der Waals surface area contributed by atoms with Crippen molar-refractivity contribution in [2.24, 2.45) is 5.92 Å². The fourth-order valence-electron chi connectivity index (χ4n) is 2.61. The first-order valence-corrected chi connectivity index (χ1v) is 8.01. The molecule has 7 heteroatoms. The quantitative estimate of drug-likeness (QED) is 0.882. The Balaban J connectivity index is 1.75. The molecule has 2 N–H and O–H groups in total. The van der Waals surface area contributed by atoms with E-state index in [-0.39, 0.29) is 23.4 Å². The summed E-state index contributed by atoms with van der Waals surface area (Å²) in [7, 11) is 0. The van der Waals surface area contributed by atoms with Gasteiger partial charge in [-0.2, -0.15) is 0 Å². The Morgan fingerprint density at radius 2 is 2.09 bits per heavy atom. The highest BCUT2D eigenvalue weighted by molar-refractivity contribution is 6.30. The number of hydrogen-bond acceptors (Lipinski definition) is 3. The highest BCUT2D eigenvalue weighted by Gasteiger charge is 2.23. The molecule has 1 fully saturated rings. The Labute approximate surface area is 139 Å². The molecule has 1 aromatic rings. The van der Waals surface area contributed by atoms with E-state index in [9.17, 15) is 14.0 Å². The number of benzene rings is 1. The van der Waals surface area contributed by atoms with Crippen LogP contribution in [0.5, 0.6) is 5.75 Å². The number of rotatable bonds is 4. The second-order valence-corrected chi connectivity index (χ2v) is 6.16. The van der Waals surface area contributed by atoms with Gasteiger partial charge in [0, 0.05) is 12.1 Å². The molecule has 1 saturated carbocycles. The molecular weight excluding hydrogens is 323 g/mol. The molecule has 0 saturated heterocycles. The van der Waals surface area contributed by atoms with E-state index in [1.807, 2.05) is 0 Å². The van der Waals surface area contributed by atoms with Crippen LogP contribution in [0, 0.1) is 11.7 Å². The number of imide groups is 1. The third-order valence-electron chi connectivity index (χ3n) is 3.94. The van der Waals surface area contributed by atoms with E-state index in [0.29, 0.717) is 5.92 Å². The predicted octanol–water partition coefficient (Wildman–Crippen LogP) is 3.26. The van der Waals surface area contributed by atoms with Gasteiger partial charge >= 0.3 is 6.03 Å². The van der Waals surface area contributed by atoms with Gasteiger partial charge < -0.3 is 10.1 Å². The van der Waals surface area contributed by atoms with Gasteiger partial charge in [0.1, 0.15) is 11.6 Å². The second-order valence-electron chi connectivity index (χ2n) is 5.75. The summed E-state index contributed by atoms with van der Waals surface area (Å²) in [6.45, 7) is 1.74. The summed E-state index contributed by atoms with van der Waals surface area (Å²) in [4.78, 5) is 23.5. The third kappa shape index (κ3) is 5.39. The monoisotopic (exact) mass is 342 g/mol. The maximum Gasteiger partial charge on any atom is 0.321 e. The Hall–Kier alpha value is -1.82. The van der Waals surface area contributed by atoms with Crippen LogP contribution in [-0.4, -0.2) is 24.6 Å². The smallest absolute Gasteiger partial charge is 0.321 e. The van der Waals surface area contributed by atoms with Gasteiger partial charge in [-0.05, 0) is 30.9 Å². The minimum atomic E-state index is -0.577. The standard InChI is InChI=1S/C16H20ClFN2O3/c1-10-4-2-3-5-14(10)19-16(22)20-15(21)9-23-11-6-7-13(18)12(17)8-11/h6-8,10,14H,2-5,9H2,1H3,(H2,19,20,21,22)/t10-,14-/m1/s1. The zero-order valence-electron chi connectivity index (χ0n) is 12.9.